The molecule has 0 aliphatic carbocycles. The summed E-state index contributed by atoms with van der Waals surface area (Å²) >= 11 is 6.12. The number of oxime groups is 1. The fraction of sp³-hybridized carbons (Fsp3) is 0.538. The first-order chi connectivity index (χ1) is 10.0. The molecule has 1 aromatic heterocycles. The highest BCUT2D eigenvalue weighted by Gasteiger charge is 2.28. The topological polar surface area (TPSA) is 78.5 Å². The van der Waals surface area contributed by atoms with Gasteiger partial charge in [-0.3, -0.25) is 4.79 Å². The molecule has 0 radical (unpaired) electrons. The molecule has 2 atom stereocenters. The number of amides is 1. The summed E-state index contributed by atoms with van der Waals surface area (Å²) in [6, 6.07) is -0.506. The van der Waals surface area contributed by atoms with Crippen molar-refractivity contribution in [3.05, 3.63) is 22.0 Å². The van der Waals surface area contributed by atoms with Gasteiger partial charge in [-0.05, 0) is 19.9 Å². The standard InChI is InChI=1S/C13H18ClFN4O2/c1-7-11(14)8(5-17-21-2)12(18-7)13(20)19-10-3-4-16-6-9(10)15/h5,9-10,16,18H,3-4,6H2,1-2H3,(H,19,20)/b17-5+/t9-,10+/m0/s1. The highest BCUT2D eigenvalue weighted by Crippen LogP contribution is 2.23. The molecule has 8 heteroatoms. The van der Waals surface area contributed by atoms with Crippen LogP contribution in [0.4, 0.5) is 4.39 Å². The summed E-state index contributed by atoms with van der Waals surface area (Å²) in [7, 11) is 1.40. The number of alkyl halides is 1. The number of piperidine rings is 1. The Morgan fingerprint density at radius 1 is 1.62 bits per heavy atom. The second-order valence-electron chi connectivity index (χ2n) is 4.86. The fourth-order valence-electron chi connectivity index (χ4n) is 2.25. The van der Waals surface area contributed by atoms with Crippen LogP contribution < -0.4 is 10.6 Å². The zero-order chi connectivity index (χ0) is 15.4. The number of nitrogens with zero attached hydrogens (tertiary/aromatic N) is 1. The van der Waals surface area contributed by atoms with Crippen LogP contribution in [0.15, 0.2) is 5.16 Å². The number of rotatable bonds is 4. The van der Waals surface area contributed by atoms with Gasteiger partial charge in [0.1, 0.15) is 19.0 Å². The molecular formula is C13H18ClFN4O2. The summed E-state index contributed by atoms with van der Waals surface area (Å²) in [4.78, 5) is 19.8. The number of hydrogen-bond donors (Lipinski definition) is 3. The van der Waals surface area contributed by atoms with E-state index in [-0.39, 0.29) is 12.2 Å². The third-order valence-corrected chi connectivity index (χ3v) is 3.87. The number of nitrogens with one attached hydrogen (secondary N) is 3. The van der Waals surface area contributed by atoms with Crippen LogP contribution in [0.25, 0.3) is 0 Å². The first-order valence-corrected chi connectivity index (χ1v) is 7.02. The first kappa shape index (κ1) is 15.8. The molecule has 2 rings (SSSR count). The van der Waals surface area contributed by atoms with Crippen LogP contribution in [0.5, 0.6) is 0 Å². The van der Waals surface area contributed by atoms with E-state index in [9.17, 15) is 9.18 Å². The molecule has 0 spiro atoms. The van der Waals surface area contributed by atoms with Gasteiger partial charge in [0.25, 0.3) is 5.91 Å². The van der Waals surface area contributed by atoms with Crippen LogP contribution in [0, 0.1) is 6.92 Å². The maximum absolute atomic E-state index is 13.8. The molecule has 0 aromatic carbocycles. The van der Waals surface area contributed by atoms with Gasteiger partial charge in [0.05, 0.1) is 17.3 Å². The van der Waals surface area contributed by atoms with Crippen LogP contribution in [0.3, 0.4) is 0 Å². The second kappa shape index (κ2) is 6.91. The minimum Gasteiger partial charge on any atom is -0.399 e. The van der Waals surface area contributed by atoms with Crippen LogP contribution in [-0.4, -0.2) is 49.5 Å². The van der Waals surface area contributed by atoms with Gasteiger partial charge >= 0.3 is 0 Å². The van der Waals surface area contributed by atoms with Crippen LogP contribution in [0.2, 0.25) is 5.02 Å². The van der Waals surface area contributed by atoms with Gasteiger partial charge in [-0.1, -0.05) is 16.8 Å². The normalized spacial score (nSPS) is 22.5. The van der Waals surface area contributed by atoms with Gasteiger partial charge in [-0.2, -0.15) is 0 Å². The lowest BCUT2D eigenvalue weighted by Gasteiger charge is -2.27. The van der Waals surface area contributed by atoms with E-state index in [0.717, 1.165) is 0 Å². The largest absolute Gasteiger partial charge is 0.399 e. The Kier molecular flexibility index (Phi) is 5.19. The zero-order valence-corrected chi connectivity index (χ0v) is 12.6. The average molecular weight is 317 g/mol. The molecule has 2 heterocycles. The zero-order valence-electron chi connectivity index (χ0n) is 11.9. The minimum atomic E-state index is -1.11. The van der Waals surface area contributed by atoms with Gasteiger partial charge < -0.3 is 20.5 Å². The van der Waals surface area contributed by atoms with Crippen molar-refractivity contribution in [3.8, 4) is 0 Å². The maximum Gasteiger partial charge on any atom is 0.268 e. The van der Waals surface area contributed by atoms with Gasteiger partial charge in [0, 0.05) is 17.8 Å². The third-order valence-electron chi connectivity index (χ3n) is 3.39. The maximum atomic E-state index is 13.8. The molecule has 21 heavy (non-hydrogen) atoms. The molecular weight excluding hydrogens is 299 g/mol. The molecule has 1 fully saturated rings. The molecule has 0 unspecified atom stereocenters. The predicted octanol–water partition coefficient (Wildman–Crippen LogP) is 1.39. The summed E-state index contributed by atoms with van der Waals surface area (Å²) in [6.45, 7) is 2.66. The number of aromatic nitrogens is 1. The molecule has 0 bridgehead atoms. The summed E-state index contributed by atoms with van der Waals surface area (Å²) in [5, 5.41) is 9.65. The molecule has 116 valence electrons. The fourth-order valence-corrected chi connectivity index (χ4v) is 2.44. The predicted molar refractivity (Wildman–Crippen MR) is 78.8 cm³/mol. The van der Waals surface area contributed by atoms with E-state index in [1.807, 2.05) is 0 Å². The van der Waals surface area contributed by atoms with E-state index in [1.54, 1.807) is 6.92 Å². The van der Waals surface area contributed by atoms with Crippen molar-refractivity contribution in [1.29, 1.82) is 0 Å². The Labute approximate surface area is 127 Å². The molecule has 3 N–H and O–H groups in total. The average Bonchev–Trinajstić information content (AvgIpc) is 2.75. The van der Waals surface area contributed by atoms with Crippen molar-refractivity contribution >= 4 is 23.7 Å². The van der Waals surface area contributed by atoms with Crippen molar-refractivity contribution in [2.75, 3.05) is 20.2 Å². The Bertz CT molecular complexity index is 547. The van der Waals surface area contributed by atoms with Crippen LogP contribution in [0.1, 0.15) is 28.2 Å². The molecule has 0 saturated carbocycles. The number of carbonyl (C=O) groups excluding carboxylic acids is 1. The van der Waals surface area contributed by atoms with E-state index in [2.05, 4.69) is 25.6 Å². The number of aryl methyl sites for hydroxylation is 1. The SMILES string of the molecule is CO/N=C/c1c(C(=O)N[C@@H]2CCNC[C@@H]2F)[nH]c(C)c1Cl. The lowest BCUT2D eigenvalue weighted by molar-refractivity contribution is 0.0887. The first-order valence-electron chi connectivity index (χ1n) is 6.64. The van der Waals surface area contributed by atoms with Gasteiger partial charge in [-0.15, -0.1) is 0 Å². The molecule has 1 aromatic rings. The van der Waals surface area contributed by atoms with Crippen molar-refractivity contribution in [1.82, 2.24) is 15.6 Å². The third kappa shape index (κ3) is 3.54. The van der Waals surface area contributed by atoms with Crippen molar-refractivity contribution in [2.24, 2.45) is 5.16 Å². The van der Waals surface area contributed by atoms with E-state index in [0.29, 0.717) is 29.2 Å². The Morgan fingerprint density at radius 2 is 2.38 bits per heavy atom. The highest BCUT2D eigenvalue weighted by molar-refractivity contribution is 6.34. The van der Waals surface area contributed by atoms with E-state index < -0.39 is 18.1 Å². The second-order valence-corrected chi connectivity index (χ2v) is 5.24. The summed E-state index contributed by atoms with van der Waals surface area (Å²) in [5.41, 5.74) is 1.32. The Morgan fingerprint density at radius 3 is 3.05 bits per heavy atom. The quantitative estimate of drug-likeness (QED) is 0.580. The van der Waals surface area contributed by atoms with Crippen LogP contribution in [-0.2, 0) is 4.84 Å². The highest BCUT2D eigenvalue weighted by atomic mass is 35.5. The number of H-pyrrole nitrogens is 1. The van der Waals surface area contributed by atoms with Gasteiger partial charge in [0.15, 0.2) is 0 Å². The van der Waals surface area contributed by atoms with Gasteiger partial charge in [-0.25, -0.2) is 4.39 Å². The number of carbonyl (C=O) groups is 1. The minimum absolute atomic E-state index is 0.243. The smallest absolute Gasteiger partial charge is 0.268 e. The van der Waals surface area contributed by atoms with Crippen LogP contribution >= 0.6 is 11.6 Å². The molecule has 1 aliphatic heterocycles. The van der Waals surface area contributed by atoms with Crippen molar-refractivity contribution in [3.63, 3.8) is 0 Å². The summed E-state index contributed by atoms with van der Waals surface area (Å²) in [6.07, 6.45) is 0.795. The van der Waals surface area contributed by atoms with E-state index in [4.69, 9.17) is 11.6 Å². The van der Waals surface area contributed by atoms with Gasteiger partial charge in [0.2, 0.25) is 0 Å². The number of halogens is 2. The molecule has 1 saturated heterocycles. The lowest BCUT2D eigenvalue weighted by Crippen LogP contribution is -2.51. The number of aromatic amines is 1. The summed E-state index contributed by atoms with van der Waals surface area (Å²) < 4.78 is 13.8. The van der Waals surface area contributed by atoms with Crippen molar-refractivity contribution < 1.29 is 14.0 Å². The van der Waals surface area contributed by atoms with E-state index in [1.165, 1.54) is 13.3 Å². The monoisotopic (exact) mass is 316 g/mol. The lowest BCUT2D eigenvalue weighted by atomic mass is 10.0. The number of hydrogen-bond acceptors (Lipinski definition) is 4. The molecule has 1 aliphatic rings. The summed E-state index contributed by atoms with van der Waals surface area (Å²) in [5.74, 6) is -0.405. The van der Waals surface area contributed by atoms with Crippen molar-refractivity contribution in [2.45, 2.75) is 25.6 Å². The molecule has 6 nitrogen and oxygen atoms in total. The van der Waals surface area contributed by atoms with E-state index >= 15 is 0 Å². The molecule has 1 amide bonds. The Balaban J connectivity index is 2.18. The Hall–Kier alpha value is -1.60.